The number of benzene rings is 1. The summed E-state index contributed by atoms with van der Waals surface area (Å²) in [6.45, 7) is 9.13. The molecule has 160 valence electrons. The smallest absolute Gasteiger partial charge is 0.251 e. The predicted octanol–water partition coefficient (Wildman–Crippen LogP) is 3.40. The first-order valence-corrected chi connectivity index (χ1v) is 10.4. The van der Waals surface area contributed by atoms with E-state index >= 15 is 0 Å². The largest absolute Gasteiger partial charge is 0.396 e. The Morgan fingerprint density at radius 1 is 1.14 bits per heavy atom. The highest BCUT2D eigenvalue weighted by atomic mass is 127. The maximum Gasteiger partial charge on any atom is 0.251 e. The van der Waals surface area contributed by atoms with Crippen LogP contribution in [0.1, 0.15) is 44.0 Å². The van der Waals surface area contributed by atoms with E-state index in [1.165, 1.54) is 0 Å². The van der Waals surface area contributed by atoms with E-state index < -0.39 is 0 Å². The molecule has 8 heteroatoms. The van der Waals surface area contributed by atoms with Crippen LogP contribution in [0.25, 0.3) is 0 Å². The molecule has 0 bridgehead atoms. The Balaban J connectivity index is 0.00000729. The first-order valence-electron chi connectivity index (χ1n) is 9.63. The van der Waals surface area contributed by atoms with Crippen LogP contribution in [-0.2, 0) is 0 Å². The summed E-state index contributed by atoms with van der Waals surface area (Å²) in [7, 11) is 0. The summed E-state index contributed by atoms with van der Waals surface area (Å²) in [6, 6.07) is 7.27. The van der Waals surface area contributed by atoms with Crippen LogP contribution in [0.5, 0.6) is 0 Å². The average molecular weight is 569 g/mol. The molecule has 6 nitrogen and oxygen atoms in total. The second-order valence-electron chi connectivity index (χ2n) is 6.92. The Bertz CT molecular complexity index is 582. The molecule has 1 unspecified atom stereocenters. The Labute approximate surface area is 194 Å². The standard InChI is InChI=1S/C20H33BrN4O2.HI/c1-4-22-20(25-14-16(9-12-26)13-15(2)3)24-11-10-23-19(27)17-5-7-18(21)8-6-17;/h5-8,15-16,26H,4,9-14H2,1-3H3,(H,23,27)(H2,22,24,25);1H. The number of hydrogen-bond acceptors (Lipinski definition) is 3. The fraction of sp³-hybridized carbons (Fsp3) is 0.600. The number of carbonyl (C=O) groups is 1. The third-order valence-electron chi connectivity index (χ3n) is 4.00. The van der Waals surface area contributed by atoms with Crippen LogP contribution in [0.15, 0.2) is 33.7 Å². The van der Waals surface area contributed by atoms with Crippen LogP contribution in [0.2, 0.25) is 0 Å². The molecule has 1 atom stereocenters. The number of nitrogens with one attached hydrogen (secondary N) is 3. The Morgan fingerprint density at radius 2 is 1.79 bits per heavy atom. The first kappa shape index (κ1) is 27.1. The summed E-state index contributed by atoms with van der Waals surface area (Å²) in [4.78, 5) is 16.7. The Hall–Kier alpha value is -0.870. The number of aliphatic imine (C=N–C) groups is 1. The van der Waals surface area contributed by atoms with E-state index in [1.807, 2.05) is 19.1 Å². The van der Waals surface area contributed by atoms with Gasteiger partial charge in [0.1, 0.15) is 0 Å². The Morgan fingerprint density at radius 3 is 2.36 bits per heavy atom. The van der Waals surface area contributed by atoms with E-state index in [0.717, 1.165) is 29.8 Å². The van der Waals surface area contributed by atoms with Crippen molar-refractivity contribution in [2.75, 3.05) is 32.8 Å². The first-order chi connectivity index (χ1) is 13.0. The molecule has 4 N–H and O–H groups in total. The third-order valence-corrected chi connectivity index (χ3v) is 4.53. The van der Waals surface area contributed by atoms with Crippen molar-refractivity contribution < 1.29 is 9.90 Å². The van der Waals surface area contributed by atoms with Crippen LogP contribution in [0.4, 0.5) is 0 Å². The van der Waals surface area contributed by atoms with Gasteiger partial charge in [-0.2, -0.15) is 0 Å². The van der Waals surface area contributed by atoms with Crippen molar-refractivity contribution in [3.63, 3.8) is 0 Å². The number of aliphatic hydroxyl groups excluding tert-OH is 1. The summed E-state index contributed by atoms with van der Waals surface area (Å²) < 4.78 is 0.948. The van der Waals surface area contributed by atoms with Crippen molar-refractivity contribution in [3.8, 4) is 0 Å². The molecule has 1 aromatic carbocycles. The van der Waals surface area contributed by atoms with Crippen LogP contribution in [0, 0.1) is 11.8 Å². The monoisotopic (exact) mass is 568 g/mol. The van der Waals surface area contributed by atoms with E-state index in [2.05, 4.69) is 50.7 Å². The molecule has 28 heavy (non-hydrogen) atoms. The summed E-state index contributed by atoms with van der Waals surface area (Å²) in [5.74, 6) is 1.61. The molecule has 0 saturated heterocycles. The zero-order valence-corrected chi connectivity index (χ0v) is 20.9. The lowest BCUT2D eigenvalue weighted by Crippen LogP contribution is -2.41. The molecule has 0 spiro atoms. The molecule has 0 aliphatic rings. The molecule has 0 aliphatic heterocycles. The molecule has 1 rings (SSSR count). The molecule has 0 radical (unpaired) electrons. The zero-order valence-electron chi connectivity index (χ0n) is 17.0. The van der Waals surface area contributed by atoms with Crippen LogP contribution < -0.4 is 16.0 Å². The summed E-state index contributed by atoms with van der Waals surface area (Å²) in [5.41, 5.74) is 0.638. The Kier molecular flexibility index (Phi) is 15.5. The molecule has 0 fully saturated rings. The number of hydrogen-bond donors (Lipinski definition) is 4. The van der Waals surface area contributed by atoms with Crippen molar-refractivity contribution in [3.05, 3.63) is 34.3 Å². The second-order valence-corrected chi connectivity index (χ2v) is 7.83. The van der Waals surface area contributed by atoms with Crippen LogP contribution in [0.3, 0.4) is 0 Å². The summed E-state index contributed by atoms with van der Waals surface area (Å²) in [5, 5.41) is 18.6. The number of carbonyl (C=O) groups excluding carboxylic acids is 1. The minimum Gasteiger partial charge on any atom is -0.396 e. The molecule has 0 saturated carbocycles. The summed E-state index contributed by atoms with van der Waals surface area (Å²) >= 11 is 3.36. The highest BCUT2D eigenvalue weighted by Crippen LogP contribution is 2.15. The minimum atomic E-state index is -0.0915. The van der Waals surface area contributed by atoms with Crippen molar-refractivity contribution in [2.24, 2.45) is 16.8 Å². The molecule has 0 heterocycles. The quantitative estimate of drug-likeness (QED) is 0.143. The number of rotatable bonds is 11. The van der Waals surface area contributed by atoms with Gasteiger partial charge in [-0.05, 0) is 55.9 Å². The average Bonchev–Trinajstić information content (AvgIpc) is 2.63. The fourth-order valence-electron chi connectivity index (χ4n) is 2.76. The van der Waals surface area contributed by atoms with Gasteiger partial charge in [-0.15, -0.1) is 24.0 Å². The number of amides is 1. The second kappa shape index (κ2) is 16.0. The van der Waals surface area contributed by atoms with Crippen molar-refractivity contribution in [2.45, 2.75) is 33.6 Å². The minimum absolute atomic E-state index is 0. The maximum atomic E-state index is 12.1. The molecule has 0 aromatic heterocycles. The predicted molar refractivity (Wildman–Crippen MR) is 131 cm³/mol. The zero-order chi connectivity index (χ0) is 20.1. The van der Waals surface area contributed by atoms with Gasteiger partial charge in [0.25, 0.3) is 5.91 Å². The van der Waals surface area contributed by atoms with Gasteiger partial charge >= 0.3 is 0 Å². The van der Waals surface area contributed by atoms with Gasteiger partial charge in [-0.25, -0.2) is 0 Å². The third kappa shape index (κ3) is 11.9. The normalized spacial score (nSPS) is 12.3. The lowest BCUT2D eigenvalue weighted by atomic mass is 9.94. The molecular formula is C20H34BrIN4O2. The van der Waals surface area contributed by atoms with Gasteiger partial charge in [-0.1, -0.05) is 29.8 Å². The van der Waals surface area contributed by atoms with Gasteiger partial charge in [0.15, 0.2) is 5.96 Å². The van der Waals surface area contributed by atoms with Gasteiger partial charge in [-0.3, -0.25) is 9.79 Å². The lowest BCUT2D eigenvalue weighted by Gasteiger charge is -2.17. The van der Waals surface area contributed by atoms with E-state index in [1.54, 1.807) is 12.1 Å². The number of aliphatic hydroxyl groups is 1. The van der Waals surface area contributed by atoms with Gasteiger partial charge in [0, 0.05) is 42.8 Å². The maximum absolute atomic E-state index is 12.1. The van der Waals surface area contributed by atoms with Crippen LogP contribution >= 0.6 is 39.9 Å². The number of guanidine groups is 1. The molecular weight excluding hydrogens is 535 g/mol. The summed E-state index contributed by atoms with van der Waals surface area (Å²) in [6.07, 6.45) is 1.82. The van der Waals surface area contributed by atoms with Gasteiger partial charge in [0.05, 0.1) is 0 Å². The number of halogens is 2. The van der Waals surface area contributed by atoms with E-state index in [-0.39, 0.29) is 36.5 Å². The highest BCUT2D eigenvalue weighted by molar-refractivity contribution is 14.0. The molecule has 0 aliphatic carbocycles. The van der Waals surface area contributed by atoms with Gasteiger partial charge < -0.3 is 21.1 Å². The highest BCUT2D eigenvalue weighted by Gasteiger charge is 2.11. The topological polar surface area (TPSA) is 85.8 Å². The SMILES string of the molecule is CCNC(=NCC(CCO)CC(C)C)NCCNC(=O)c1ccc(Br)cc1.I. The molecule has 1 aromatic rings. The molecule has 1 amide bonds. The van der Waals surface area contributed by atoms with Crippen molar-refractivity contribution in [1.29, 1.82) is 0 Å². The fourth-order valence-corrected chi connectivity index (χ4v) is 3.02. The van der Waals surface area contributed by atoms with E-state index in [9.17, 15) is 9.90 Å². The number of nitrogens with zero attached hydrogens (tertiary/aromatic N) is 1. The van der Waals surface area contributed by atoms with Crippen LogP contribution in [-0.4, -0.2) is 49.8 Å². The van der Waals surface area contributed by atoms with Crippen molar-refractivity contribution >= 4 is 51.8 Å². The lowest BCUT2D eigenvalue weighted by molar-refractivity contribution is 0.0954. The van der Waals surface area contributed by atoms with Crippen molar-refractivity contribution in [1.82, 2.24) is 16.0 Å². The van der Waals surface area contributed by atoms with E-state index in [4.69, 9.17) is 0 Å². The van der Waals surface area contributed by atoms with Gasteiger partial charge in [0.2, 0.25) is 0 Å². The van der Waals surface area contributed by atoms with E-state index in [0.29, 0.717) is 37.0 Å².